The fourth-order valence-electron chi connectivity index (χ4n) is 3.35. The molecule has 0 radical (unpaired) electrons. The number of esters is 1. The molecular weight excluding hydrogens is 499 g/mol. The molecule has 0 aliphatic heterocycles. The number of benzene rings is 2. The van der Waals surface area contributed by atoms with Gasteiger partial charge in [-0.1, -0.05) is 46.7 Å². The highest BCUT2D eigenvalue weighted by molar-refractivity contribution is 7.62. The molecule has 0 aromatic heterocycles. The summed E-state index contributed by atoms with van der Waals surface area (Å²) in [6, 6.07) is 14.0. The van der Waals surface area contributed by atoms with Gasteiger partial charge >= 0.3 is 13.6 Å². The number of nitrogens with zero attached hydrogens (tertiary/aromatic N) is 2. The van der Waals surface area contributed by atoms with Crippen molar-refractivity contribution < 1.29 is 37.6 Å². The van der Waals surface area contributed by atoms with Gasteiger partial charge in [0.05, 0.1) is 39.0 Å². The molecule has 0 spiro atoms. The number of carbonyl (C=O) groups excluding carboxylic acids is 1. The van der Waals surface area contributed by atoms with Crippen LogP contribution in [0.1, 0.15) is 37.5 Å². The number of methoxy groups -OCH3 is 2. The Morgan fingerprint density at radius 1 is 0.946 bits per heavy atom. The summed E-state index contributed by atoms with van der Waals surface area (Å²) in [4.78, 5) is 22.8. The molecule has 2 rings (SSSR count). The van der Waals surface area contributed by atoms with Crippen LogP contribution in [0.5, 0.6) is 0 Å². The highest BCUT2D eigenvalue weighted by atomic mass is 31.2. The quantitative estimate of drug-likeness (QED) is 0.0861. The Hall–Kier alpha value is -3.46. The summed E-state index contributed by atoms with van der Waals surface area (Å²) in [6.45, 7) is 5.80. The third kappa shape index (κ3) is 8.01. The Morgan fingerprint density at radius 2 is 1.59 bits per heavy atom. The molecule has 2 aromatic rings. The highest BCUT2D eigenvalue weighted by Crippen LogP contribution is 2.46. The van der Waals surface area contributed by atoms with E-state index in [2.05, 4.69) is 10.3 Å². The van der Waals surface area contributed by atoms with Gasteiger partial charge < -0.3 is 28.2 Å². The van der Waals surface area contributed by atoms with Crippen LogP contribution in [-0.2, 0) is 44.2 Å². The standard InChI is InChI=1S/C26H33N2O8P/c1-7-35-37(30,36-8-2)22-15-13-20(14-16-22)25(28-33-6)19(3)27-34-17-21-11-9-10-12-23(21)24(18-31-4)26(29)32-5/h9-16,18H,7-8,17H2,1-6H3. The summed E-state index contributed by atoms with van der Waals surface area (Å²) in [5.41, 5.74) is 3.06. The van der Waals surface area contributed by atoms with Crippen molar-refractivity contribution in [1.82, 2.24) is 0 Å². The van der Waals surface area contributed by atoms with Crippen LogP contribution in [0.15, 0.2) is 65.1 Å². The van der Waals surface area contributed by atoms with E-state index in [-0.39, 0.29) is 25.4 Å². The molecule has 0 amide bonds. The summed E-state index contributed by atoms with van der Waals surface area (Å²) in [6.07, 6.45) is 1.32. The zero-order chi connectivity index (χ0) is 27.3. The Morgan fingerprint density at radius 3 is 2.16 bits per heavy atom. The normalized spacial score (nSPS) is 12.8. The van der Waals surface area contributed by atoms with E-state index in [9.17, 15) is 9.36 Å². The van der Waals surface area contributed by atoms with Gasteiger partial charge in [-0.2, -0.15) is 0 Å². The first-order valence-electron chi connectivity index (χ1n) is 11.5. The van der Waals surface area contributed by atoms with E-state index in [1.54, 1.807) is 57.2 Å². The minimum absolute atomic E-state index is 0.0661. The first-order chi connectivity index (χ1) is 17.8. The molecule has 0 N–H and O–H groups in total. The van der Waals surface area contributed by atoms with Gasteiger partial charge in [0.15, 0.2) is 0 Å². The second-order valence-corrected chi connectivity index (χ2v) is 9.40. The van der Waals surface area contributed by atoms with E-state index in [1.807, 2.05) is 12.1 Å². The zero-order valence-electron chi connectivity index (χ0n) is 21.9. The maximum Gasteiger partial charge on any atom is 0.361 e. The lowest BCUT2D eigenvalue weighted by molar-refractivity contribution is -0.133. The number of hydrogen-bond donors (Lipinski definition) is 0. The maximum absolute atomic E-state index is 13.0. The molecule has 37 heavy (non-hydrogen) atoms. The molecule has 0 aliphatic rings. The molecule has 11 heteroatoms. The lowest BCUT2D eigenvalue weighted by atomic mass is 10.0. The summed E-state index contributed by atoms with van der Waals surface area (Å²) in [7, 11) is 0.761. The van der Waals surface area contributed by atoms with Crippen LogP contribution in [0.3, 0.4) is 0 Å². The number of hydrogen-bond acceptors (Lipinski definition) is 10. The predicted molar refractivity (Wildman–Crippen MR) is 142 cm³/mol. The molecular formula is C26H33N2O8P. The summed E-state index contributed by atoms with van der Waals surface area (Å²) in [5, 5.41) is 8.70. The van der Waals surface area contributed by atoms with Crippen LogP contribution in [0.2, 0.25) is 0 Å². The van der Waals surface area contributed by atoms with Crippen molar-refractivity contribution in [3.05, 3.63) is 71.5 Å². The molecule has 0 saturated heterocycles. The van der Waals surface area contributed by atoms with Crippen molar-refractivity contribution in [3.8, 4) is 0 Å². The maximum atomic E-state index is 13.0. The van der Waals surface area contributed by atoms with Gasteiger partial charge in [0, 0.05) is 11.1 Å². The fourth-order valence-corrected chi connectivity index (χ4v) is 4.91. The Balaban J connectivity index is 2.27. The van der Waals surface area contributed by atoms with Crippen molar-refractivity contribution in [1.29, 1.82) is 0 Å². The minimum atomic E-state index is -3.41. The average Bonchev–Trinajstić information content (AvgIpc) is 2.90. The smallest absolute Gasteiger partial charge is 0.361 e. The van der Waals surface area contributed by atoms with Crippen LogP contribution >= 0.6 is 7.60 Å². The van der Waals surface area contributed by atoms with E-state index in [0.29, 0.717) is 33.4 Å². The molecule has 200 valence electrons. The van der Waals surface area contributed by atoms with Gasteiger partial charge in [-0.25, -0.2) is 4.79 Å². The second kappa shape index (κ2) is 14.9. The van der Waals surface area contributed by atoms with E-state index >= 15 is 0 Å². The van der Waals surface area contributed by atoms with Crippen LogP contribution < -0.4 is 5.30 Å². The third-order valence-corrected chi connectivity index (χ3v) is 7.08. The van der Waals surface area contributed by atoms with E-state index < -0.39 is 13.6 Å². The van der Waals surface area contributed by atoms with E-state index in [4.69, 9.17) is 28.2 Å². The molecule has 0 unspecified atom stereocenters. The van der Waals surface area contributed by atoms with Crippen LogP contribution in [0.4, 0.5) is 0 Å². The zero-order valence-corrected chi connectivity index (χ0v) is 22.8. The molecule has 0 aliphatic carbocycles. The SMILES string of the molecule is CCOP(=O)(OCC)c1ccc(C(=NOC)C(C)=NOCc2ccccc2C(=COC)C(=O)OC)cc1. The predicted octanol–water partition coefficient (Wildman–Crippen LogP) is 4.68. The summed E-state index contributed by atoms with van der Waals surface area (Å²) >= 11 is 0. The van der Waals surface area contributed by atoms with Gasteiger partial charge in [-0.15, -0.1) is 0 Å². The molecule has 0 fully saturated rings. The Bertz CT molecular complexity index is 1170. The number of rotatable bonds is 14. The Kier molecular flexibility index (Phi) is 12.0. The molecule has 2 aromatic carbocycles. The first kappa shape index (κ1) is 29.8. The van der Waals surface area contributed by atoms with Gasteiger partial charge in [0.1, 0.15) is 30.7 Å². The van der Waals surface area contributed by atoms with Gasteiger partial charge in [0.25, 0.3) is 0 Å². The molecule has 0 heterocycles. The largest absolute Gasteiger partial charge is 0.503 e. The molecule has 10 nitrogen and oxygen atoms in total. The summed E-state index contributed by atoms with van der Waals surface area (Å²) < 4.78 is 33.7. The molecule has 0 atom stereocenters. The van der Waals surface area contributed by atoms with Crippen molar-refractivity contribution in [2.45, 2.75) is 27.4 Å². The van der Waals surface area contributed by atoms with Gasteiger partial charge in [0.2, 0.25) is 0 Å². The lowest BCUT2D eigenvalue weighted by Gasteiger charge is -2.17. The third-order valence-electron chi connectivity index (χ3n) is 4.95. The summed E-state index contributed by atoms with van der Waals surface area (Å²) in [5.74, 6) is -0.537. The van der Waals surface area contributed by atoms with Crippen molar-refractivity contribution in [2.24, 2.45) is 10.3 Å². The molecule has 0 saturated carbocycles. The van der Waals surface area contributed by atoms with Crippen LogP contribution in [0, 0.1) is 0 Å². The fraction of sp³-hybridized carbons (Fsp3) is 0.346. The van der Waals surface area contributed by atoms with Crippen LogP contribution in [0.25, 0.3) is 5.57 Å². The number of oxime groups is 2. The van der Waals surface area contributed by atoms with Crippen molar-refractivity contribution >= 4 is 35.9 Å². The highest BCUT2D eigenvalue weighted by Gasteiger charge is 2.26. The minimum Gasteiger partial charge on any atom is -0.503 e. The topological polar surface area (TPSA) is 114 Å². The lowest BCUT2D eigenvalue weighted by Crippen LogP contribution is -2.16. The first-order valence-corrected chi connectivity index (χ1v) is 13.1. The van der Waals surface area contributed by atoms with Gasteiger partial charge in [-0.05, 0) is 38.5 Å². The Labute approximate surface area is 217 Å². The average molecular weight is 533 g/mol. The van der Waals surface area contributed by atoms with Crippen molar-refractivity contribution in [2.75, 3.05) is 34.5 Å². The van der Waals surface area contributed by atoms with Crippen LogP contribution in [-0.4, -0.2) is 51.9 Å². The number of carbonyl (C=O) groups is 1. The van der Waals surface area contributed by atoms with E-state index in [0.717, 1.165) is 0 Å². The second-order valence-electron chi connectivity index (χ2n) is 7.37. The van der Waals surface area contributed by atoms with Crippen molar-refractivity contribution in [3.63, 3.8) is 0 Å². The number of ether oxygens (including phenoxy) is 2. The van der Waals surface area contributed by atoms with E-state index in [1.165, 1.54) is 27.6 Å². The monoisotopic (exact) mass is 532 g/mol. The van der Waals surface area contributed by atoms with Gasteiger partial charge in [-0.3, -0.25) is 4.57 Å². The molecule has 0 bridgehead atoms.